The molecular formula is C25H23N3O3. The minimum absolute atomic E-state index is 0.317. The molecule has 1 aromatic heterocycles. The molecule has 0 radical (unpaired) electrons. The number of hydrogen-bond donors (Lipinski definition) is 1. The second kappa shape index (κ2) is 9.34. The highest BCUT2D eigenvalue weighted by atomic mass is 16.1. The lowest BCUT2D eigenvalue weighted by molar-refractivity contribution is 0.102. The van der Waals surface area contributed by atoms with E-state index < -0.39 is 0 Å². The molecule has 1 saturated heterocycles. The van der Waals surface area contributed by atoms with E-state index in [1.54, 1.807) is 42.6 Å². The number of aromatic nitrogens is 1. The van der Waals surface area contributed by atoms with Gasteiger partial charge in [-0.2, -0.15) is 0 Å². The molecule has 2 aromatic carbocycles. The van der Waals surface area contributed by atoms with Gasteiger partial charge in [-0.05, 0) is 61.7 Å². The lowest BCUT2D eigenvalue weighted by Crippen LogP contribution is -2.29. The highest BCUT2D eigenvalue weighted by Crippen LogP contribution is 2.33. The van der Waals surface area contributed by atoms with E-state index in [4.69, 9.17) is 0 Å². The molecule has 1 N–H and O–H groups in total. The minimum atomic E-state index is -0.317. The molecule has 0 aliphatic carbocycles. The summed E-state index contributed by atoms with van der Waals surface area (Å²) < 4.78 is 0. The molecule has 1 fully saturated rings. The fraction of sp³-hybridized carbons (Fsp3) is 0.200. The van der Waals surface area contributed by atoms with Gasteiger partial charge < -0.3 is 10.2 Å². The van der Waals surface area contributed by atoms with E-state index in [1.807, 2.05) is 18.2 Å². The molecule has 2 heterocycles. The summed E-state index contributed by atoms with van der Waals surface area (Å²) in [5.74, 6) is -0.317. The van der Waals surface area contributed by atoms with Crippen LogP contribution in [0.15, 0.2) is 60.8 Å². The molecule has 1 aliphatic rings. The summed E-state index contributed by atoms with van der Waals surface area (Å²) in [7, 11) is 0. The van der Waals surface area contributed by atoms with Gasteiger partial charge in [0.05, 0.1) is 11.4 Å². The first-order valence-electron chi connectivity index (χ1n) is 10.3. The number of carbonyl (C=O) groups excluding carboxylic acids is 3. The quantitative estimate of drug-likeness (QED) is 0.597. The first-order chi connectivity index (χ1) is 15.2. The van der Waals surface area contributed by atoms with Crippen molar-refractivity contribution in [1.29, 1.82) is 0 Å². The number of amides is 1. The normalized spacial score (nSPS) is 13.5. The van der Waals surface area contributed by atoms with Crippen LogP contribution in [0.4, 0.5) is 11.4 Å². The molecule has 0 bridgehead atoms. The maximum Gasteiger partial charge on any atom is 0.255 e. The van der Waals surface area contributed by atoms with Crippen LogP contribution in [0, 0.1) is 0 Å². The van der Waals surface area contributed by atoms with Crippen molar-refractivity contribution in [1.82, 2.24) is 4.98 Å². The summed E-state index contributed by atoms with van der Waals surface area (Å²) in [5.41, 5.74) is 4.36. The molecule has 6 nitrogen and oxygen atoms in total. The third-order valence-electron chi connectivity index (χ3n) is 5.45. The average molecular weight is 413 g/mol. The summed E-state index contributed by atoms with van der Waals surface area (Å²) in [4.78, 5) is 42.0. The zero-order valence-corrected chi connectivity index (χ0v) is 17.1. The van der Waals surface area contributed by atoms with E-state index in [1.165, 1.54) is 6.42 Å². The molecule has 31 heavy (non-hydrogen) atoms. The van der Waals surface area contributed by atoms with Crippen molar-refractivity contribution in [3.63, 3.8) is 0 Å². The Morgan fingerprint density at radius 3 is 2.45 bits per heavy atom. The Bertz CT molecular complexity index is 1120. The number of benzene rings is 2. The van der Waals surface area contributed by atoms with Crippen LogP contribution >= 0.6 is 0 Å². The Morgan fingerprint density at radius 2 is 1.68 bits per heavy atom. The summed E-state index contributed by atoms with van der Waals surface area (Å²) >= 11 is 0. The number of nitrogens with zero attached hydrogens (tertiary/aromatic N) is 2. The summed E-state index contributed by atoms with van der Waals surface area (Å²) in [5, 5.41) is 2.94. The summed E-state index contributed by atoms with van der Waals surface area (Å²) in [6, 6.07) is 15.8. The first-order valence-corrected chi connectivity index (χ1v) is 10.3. The lowest BCUT2D eigenvalue weighted by atomic mass is 10.0. The predicted molar refractivity (Wildman–Crippen MR) is 121 cm³/mol. The molecule has 156 valence electrons. The first kappa shape index (κ1) is 20.5. The molecule has 3 aromatic rings. The monoisotopic (exact) mass is 413 g/mol. The number of carbonyl (C=O) groups is 3. The minimum Gasteiger partial charge on any atom is -0.372 e. The standard InChI is InChI=1S/C25H23N3O3/c29-16-18-5-4-6-20(13-18)25(31)27-23-8-7-21(28-11-2-1-3-12-28)15-22(23)24-14-19(17-30)9-10-26-24/h4-10,13-17H,1-3,11-12H2,(H,27,31). The van der Waals surface area contributed by atoms with Gasteiger partial charge in [-0.25, -0.2) is 0 Å². The number of aldehydes is 2. The van der Waals surface area contributed by atoms with Crippen molar-refractivity contribution in [2.75, 3.05) is 23.3 Å². The van der Waals surface area contributed by atoms with E-state index in [9.17, 15) is 14.4 Å². The Labute approximate surface area is 180 Å². The number of rotatable bonds is 6. The maximum atomic E-state index is 12.9. The van der Waals surface area contributed by atoms with Gasteiger partial charge in [0, 0.05) is 47.2 Å². The zero-order chi connectivity index (χ0) is 21.6. The third kappa shape index (κ3) is 4.69. The maximum absolute atomic E-state index is 12.9. The van der Waals surface area contributed by atoms with Gasteiger partial charge in [0.15, 0.2) is 0 Å². The highest BCUT2D eigenvalue weighted by Gasteiger charge is 2.17. The van der Waals surface area contributed by atoms with Gasteiger partial charge in [-0.15, -0.1) is 0 Å². The van der Waals surface area contributed by atoms with Gasteiger partial charge in [-0.1, -0.05) is 12.1 Å². The lowest BCUT2D eigenvalue weighted by Gasteiger charge is -2.29. The predicted octanol–water partition coefficient (Wildman–Crippen LogP) is 4.62. The van der Waals surface area contributed by atoms with Gasteiger partial charge in [0.25, 0.3) is 5.91 Å². The Hall–Kier alpha value is -3.80. The second-order valence-electron chi connectivity index (χ2n) is 7.57. The van der Waals surface area contributed by atoms with E-state index in [2.05, 4.69) is 15.2 Å². The summed E-state index contributed by atoms with van der Waals surface area (Å²) in [6.45, 7) is 1.98. The fourth-order valence-corrected chi connectivity index (χ4v) is 3.82. The Balaban J connectivity index is 1.72. The van der Waals surface area contributed by atoms with Crippen molar-refractivity contribution < 1.29 is 14.4 Å². The average Bonchev–Trinajstić information content (AvgIpc) is 2.84. The number of nitrogens with one attached hydrogen (secondary N) is 1. The van der Waals surface area contributed by atoms with Crippen LogP contribution in [0.2, 0.25) is 0 Å². The van der Waals surface area contributed by atoms with Crippen LogP contribution in [0.3, 0.4) is 0 Å². The van der Waals surface area contributed by atoms with Crippen molar-refractivity contribution in [3.05, 3.63) is 77.5 Å². The zero-order valence-electron chi connectivity index (χ0n) is 17.1. The van der Waals surface area contributed by atoms with E-state index in [0.29, 0.717) is 34.4 Å². The molecule has 0 saturated carbocycles. The topological polar surface area (TPSA) is 79.4 Å². The van der Waals surface area contributed by atoms with Gasteiger partial charge >= 0.3 is 0 Å². The molecular weight excluding hydrogens is 390 g/mol. The van der Waals surface area contributed by atoms with Crippen molar-refractivity contribution in [3.8, 4) is 11.3 Å². The van der Waals surface area contributed by atoms with Crippen LogP contribution in [0.25, 0.3) is 11.3 Å². The molecule has 1 amide bonds. The van der Waals surface area contributed by atoms with Crippen LogP contribution in [-0.2, 0) is 0 Å². The van der Waals surface area contributed by atoms with Crippen molar-refractivity contribution in [2.24, 2.45) is 0 Å². The van der Waals surface area contributed by atoms with E-state index >= 15 is 0 Å². The highest BCUT2D eigenvalue weighted by molar-refractivity contribution is 6.07. The molecule has 0 atom stereocenters. The van der Waals surface area contributed by atoms with Crippen LogP contribution in [-0.4, -0.2) is 36.6 Å². The molecule has 1 aliphatic heterocycles. The molecule has 0 spiro atoms. The number of piperidine rings is 1. The van der Waals surface area contributed by atoms with Gasteiger partial charge in [-0.3, -0.25) is 19.4 Å². The number of hydrogen-bond acceptors (Lipinski definition) is 5. The fourth-order valence-electron chi connectivity index (χ4n) is 3.82. The summed E-state index contributed by atoms with van der Waals surface area (Å²) in [6.07, 6.45) is 6.62. The van der Waals surface area contributed by atoms with Gasteiger partial charge in [0.2, 0.25) is 0 Å². The van der Waals surface area contributed by atoms with Crippen LogP contribution < -0.4 is 10.2 Å². The SMILES string of the molecule is O=Cc1cccc(C(=O)Nc2ccc(N3CCCCC3)cc2-c2cc(C=O)ccn2)c1. The van der Waals surface area contributed by atoms with E-state index in [-0.39, 0.29) is 5.91 Å². The largest absolute Gasteiger partial charge is 0.372 e. The number of pyridine rings is 1. The van der Waals surface area contributed by atoms with Gasteiger partial charge in [0.1, 0.15) is 12.6 Å². The molecule has 0 unspecified atom stereocenters. The Kier molecular flexibility index (Phi) is 6.17. The number of anilines is 2. The Morgan fingerprint density at radius 1 is 0.903 bits per heavy atom. The third-order valence-corrected chi connectivity index (χ3v) is 5.45. The van der Waals surface area contributed by atoms with Crippen LogP contribution in [0.1, 0.15) is 50.3 Å². The molecule has 6 heteroatoms. The van der Waals surface area contributed by atoms with Crippen molar-refractivity contribution in [2.45, 2.75) is 19.3 Å². The van der Waals surface area contributed by atoms with Crippen molar-refractivity contribution >= 4 is 29.9 Å². The second-order valence-corrected chi connectivity index (χ2v) is 7.57. The smallest absolute Gasteiger partial charge is 0.255 e. The molecule has 4 rings (SSSR count). The van der Waals surface area contributed by atoms with E-state index in [0.717, 1.165) is 43.5 Å². The van der Waals surface area contributed by atoms with Crippen LogP contribution in [0.5, 0.6) is 0 Å².